The molecular formula is C21H29N5O. The molecule has 0 N–H and O–H groups in total. The molecule has 144 valence electrons. The van der Waals surface area contributed by atoms with E-state index in [1.165, 1.54) is 0 Å². The fraction of sp³-hybridized carbons (Fsp3) is 0.524. The van der Waals surface area contributed by atoms with Gasteiger partial charge in [0.2, 0.25) is 5.91 Å². The van der Waals surface area contributed by atoms with Crippen molar-refractivity contribution in [3.05, 3.63) is 36.2 Å². The SMILES string of the molecule is CCc1cc(N2CCC(C(=O)N(C)C(C)C)CC2)nc(-c2ccccn2)n1. The van der Waals surface area contributed by atoms with Crippen molar-refractivity contribution in [2.24, 2.45) is 5.92 Å². The van der Waals surface area contributed by atoms with E-state index in [2.05, 4.69) is 41.7 Å². The zero-order valence-electron chi connectivity index (χ0n) is 16.7. The lowest BCUT2D eigenvalue weighted by Gasteiger charge is -2.35. The molecule has 2 aromatic heterocycles. The number of carbonyl (C=O) groups excluding carboxylic acids is 1. The molecule has 0 atom stereocenters. The minimum Gasteiger partial charge on any atom is -0.356 e. The van der Waals surface area contributed by atoms with E-state index in [9.17, 15) is 4.79 Å². The van der Waals surface area contributed by atoms with Gasteiger partial charge in [-0.1, -0.05) is 13.0 Å². The zero-order valence-corrected chi connectivity index (χ0v) is 16.7. The molecule has 1 saturated heterocycles. The van der Waals surface area contributed by atoms with Gasteiger partial charge in [-0.3, -0.25) is 9.78 Å². The summed E-state index contributed by atoms with van der Waals surface area (Å²) in [5.74, 6) is 1.97. The van der Waals surface area contributed by atoms with Crippen LogP contribution >= 0.6 is 0 Å². The van der Waals surface area contributed by atoms with Crippen molar-refractivity contribution in [3.63, 3.8) is 0 Å². The van der Waals surface area contributed by atoms with E-state index < -0.39 is 0 Å². The van der Waals surface area contributed by atoms with E-state index in [1.54, 1.807) is 6.20 Å². The Morgan fingerprint density at radius 1 is 1.26 bits per heavy atom. The molecule has 6 heteroatoms. The van der Waals surface area contributed by atoms with Crippen LogP contribution in [0.1, 0.15) is 39.3 Å². The Labute approximate surface area is 161 Å². The molecule has 1 amide bonds. The summed E-state index contributed by atoms with van der Waals surface area (Å²) in [5.41, 5.74) is 1.80. The summed E-state index contributed by atoms with van der Waals surface area (Å²) in [6.45, 7) is 7.88. The Hall–Kier alpha value is -2.50. The van der Waals surface area contributed by atoms with Gasteiger partial charge in [-0.05, 0) is 45.2 Å². The van der Waals surface area contributed by atoms with Crippen molar-refractivity contribution in [1.82, 2.24) is 19.9 Å². The van der Waals surface area contributed by atoms with Crippen LogP contribution in [0.5, 0.6) is 0 Å². The first-order valence-corrected chi connectivity index (χ1v) is 9.80. The second kappa shape index (κ2) is 8.46. The quantitative estimate of drug-likeness (QED) is 0.812. The second-order valence-electron chi connectivity index (χ2n) is 7.41. The molecule has 2 aromatic rings. The van der Waals surface area contributed by atoms with Gasteiger partial charge in [0.05, 0.1) is 0 Å². The van der Waals surface area contributed by atoms with Gasteiger partial charge in [0.15, 0.2) is 5.82 Å². The van der Waals surface area contributed by atoms with Gasteiger partial charge in [-0.2, -0.15) is 0 Å². The highest BCUT2D eigenvalue weighted by atomic mass is 16.2. The summed E-state index contributed by atoms with van der Waals surface area (Å²) in [6.07, 6.45) is 4.34. The Bertz CT molecular complexity index is 769. The highest BCUT2D eigenvalue weighted by molar-refractivity contribution is 5.79. The van der Waals surface area contributed by atoms with Gasteiger partial charge in [0.25, 0.3) is 0 Å². The lowest BCUT2D eigenvalue weighted by molar-refractivity contribution is -0.136. The maximum Gasteiger partial charge on any atom is 0.225 e. The smallest absolute Gasteiger partial charge is 0.225 e. The summed E-state index contributed by atoms with van der Waals surface area (Å²) in [5, 5.41) is 0. The summed E-state index contributed by atoms with van der Waals surface area (Å²) in [4.78, 5) is 30.5. The Balaban J connectivity index is 1.75. The van der Waals surface area contributed by atoms with Gasteiger partial charge >= 0.3 is 0 Å². The Morgan fingerprint density at radius 3 is 2.59 bits per heavy atom. The molecule has 1 aliphatic rings. The van der Waals surface area contributed by atoms with Crippen LogP contribution in [0.4, 0.5) is 5.82 Å². The Morgan fingerprint density at radius 2 is 2.00 bits per heavy atom. The van der Waals surface area contributed by atoms with Crippen molar-refractivity contribution in [2.75, 3.05) is 25.0 Å². The first kappa shape index (κ1) is 19.3. The van der Waals surface area contributed by atoms with Crippen molar-refractivity contribution in [3.8, 4) is 11.5 Å². The minimum absolute atomic E-state index is 0.108. The average molecular weight is 367 g/mol. The number of amides is 1. The van der Waals surface area contributed by atoms with Crippen LogP contribution in [0, 0.1) is 5.92 Å². The average Bonchev–Trinajstić information content (AvgIpc) is 2.73. The summed E-state index contributed by atoms with van der Waals surface area (Å²) < 4.78 is 0. The van der Waals surface area contributed by atoms with Crippen molar-refractivity contribution in [2.45, 2.75) is 46.1 Å². The van der Waals surface area contributed by atoms with E-state index in [4.69, 9.17) is 4.98 Å². The maximum absolute atomic E-state index is 12.6. The van der Waals surface area contributed by atoms with Crippen molar-refractivity contribution < 1.29 is 4.79 Å². The van der Waals surface area contributed by atoms with Crippen LogP contribution in [0.25, 0.3) is 11.5 Å². The molecule has 27 heavy (non-hydrogen) atoms. The normalized spacial score (nSPS) is 15.2. The number of rotatable bonds is 5. The lowest BCUT2D eigenvalue weighted by atomic mass is 9.95. The predicted molar refractivity (Wildman–Crippen MR) is 107 cm³/mol. The van der Waals surface area contributed by atoms with Gasteiger partial charge in [0.1, 0.15) is 11.5 Å². The number of aromatic nitrogens is 3. The molecule has 0 unspecified atom stereocenters. The van der Waals surface area contributed by atoms with Crippen molar-refractivity contribution >= 4 is 11.7 Å². The molecule has 0 aromatic carbocycles. The van der Waals surface area contributed by atoms with Gasteiger partial charge in [-0.15, -0.1) is 0 Å². The van der Waals surface area contributed by atoms with Gasteiger partial charge < -0.3 is 9.80 Å². The highest BCUT2D eigenvalue weighted by Gasteiger charge is 2.28. The molecule has 0 spiro atoms. The molecule has 6 nitrogen and oxygen atoms in total. The van der Waals surface area contributed by atoms with Crippen LogP contribution in [0.2, 0.25) is 0 Å². The standard InChI is InChI=1S/C21H29N5O/c1-5-17-14-19(24-20(23-17)18-8-6-7-11-22-18)26-12-9-16(10-13-26)21(27)25(4)15(2)3/h6-8,11,14-16H,5,9-10,12-13H2,1-4H3. The number of anilines is 1. The summed E-state index contributed by atoms with van der Waals surface area (Å²) in [6, 6.07) is 8.08. The maximum atomic E-state index is 12.6. The number of pyridine rings is 1. The third-order valence-corrected chi connectivity index (χ3v) is 5.31. The fourth-order valence-corrected chi connectivity index (χ4v) is 3.33. The molecule has 3 rings (SSSR count). The summed E-state index contributed by atoms with van der Waals surface area (Å²) >= 11 is 0. The molecule has 0 saturated carbocycles. The van der Waals surface area contributed by atoms with E-state index in [1.807, 2.05) is 30.1 Å². The number of carbonyl (C=O) groups is 1. The van der Waals surface area contributed by atoms with E-state index in [-0.39, 0.29) is 17.9 Å². The van der Waals surface area contributed by atoms with Crippen molar-refractivity contribution in [1.29, 1.82) is 0 Å². The topological polar surface area (TPSA) is 62.2 Å². The zero-order chi connectivity index (χ0) is 19.4. The number of aryl methyl sites for hydroxylation is 1. The molecule has 0 aliphatic carbocycles. The third kappa shape index (κ3) is 4.43. The Kier molecular flexibility index (Phi) is 6.04. The van der Waals surface area contributed by atoms with Crippen LogP contribution in [-0.4, -0.2) is 51.9 Å². The van der Waals surface area contributed by atoms with Crippen LogP contribution in [0.3, 0.4) is 0 Å². The molecule has 3 heterocycles. The molecule has 1 fully saturated rings. The van der Waals surface area contributed by atoms with E-state index in [0.29, 0.717) is 5.82 Å². The largest absolute Gasteiger partial charge is 0.356 e. The minimum atomic E-state index is 0.108. The fourth-order valence-electron chi connectivity index (χ4n) is 3.33. The van der Waals surface area contributed by atoms with Crippen LogP contribution < -0.4 is 4.90 Å². The number of hydrogen-bond acceptors (Lipinski definition) is 5. The first-order chi connectivity index (χ1) is 13.0. The number of hydrogen-bond donors (Lipinski definition) is 0. The molecular weight excluding hydrogens is 338 g/mol. The first-order valence-electron chi connectivity index (χ1n) is 9.80. The second-order valence-corrected chi connectivity index (χ2v) is 7.41. The molecule has 0 radical (unpaired) electrons. The monoisotopic (exact) mass is 367 g/mol. The number of piperidine rings is 1. The lowest BCUT2D eigenvalue weighted by Crippen LogP contribution is -2.43. The highest BCUT2D eigenvalue weighted by Crippen LogP contribution is 2.26. The van der Waals surface area contributed by atoms with Crippen LogP contribution in [-0.2, 0) is 11.2 Å². The molecule has 0 bridgehead atoms. The molecule has 1 aliphatic heterocycles. The van der Waals surface area contributed by atoms with Gasteiger partial charge in [0, 0.05) is 50.1 Å². The van der Waals surface area contributed by atoms with E-state index in [0.717, 1.165) is 49.6 Å². The summed E-state index contributed by atoms with van der Waals surface area (Å²) in [7, 11) is 1.90. The predicted octanol–water partition coefficient (Wildman–Crippen LogP) is 3.18. The van der Waals surface area contributed by atoms with Crippen LogP contribution in [0.15, 0.2) is 30.5 Å². The number of nitrogens with zero attached hydrogens (tertiary/aromatic N) is 5. The van der Waals surface area contributed by atoms with Gasteiger partial charge in [-0.25, -0.2) is 9.97 Å². The third-order valence-electron chi connectivity index (χ3n) is 5.31. The van der Waals surface area contributed by atoms with E-state index >= 15 is 0 Å².